The highest BCUT2D eigenvalue weighted by Crippen LogP contribution is 2.22. The minimum absolute atomic E-state index is 0.111. The monoisotopic (exact) mass is 305 g/mol. The summed E-state index contributed by atoms with van der Waals surface area (Å²) in [5.41, 5.74) is 1.84. The van der Waals surface area contributed by atoms with Crippen LogP contribution in [0.5, 0.6) is 5.75 Å². The molecule has 0 aliphatic carbocycles. The molecule has 0 saturated heterocycles. The fraction of sp³-hybridized carbons (Fsp3) is 0.611. The third kappa shape index (κ3) is 6.83. The van der Waals surface area contributed by atoms with Gasteiger partial charge in [-0.1, -0.05) is 49.9 Å². The summed E-state index contributed by atoms with van der Waals surface area (Å²) in [7, 11) is 1.58. The summed E-state index contributed by atoms with van der Waals surface area (Å²) in [5, 5.41) is 2.89. The minimum atomic E-state index is 0.111. The van der Waals surface area contributed by atoms with Crippen molar-refractivity contribution in [3.63, 3.8) is 0 Å². The molecule has 0 N–H and O–H groups in total. The van der Waals surface area contributed by atoms with E-state index in [4.69, 9.17) is 4.74 Å². The van der Waals surface area contributed by atoms with Gasteiger partial charge in [-0.3, -0.25) is 4.79 Å². The molecular weight excluding hydrogens is 278 g/mol. The van der Waals surface area contributed by atoms with Crippen LogP contribution in [-0.2, 0) is 17.8 Å². The standard InChI is InChI=1S/C18H27NO3/c1-3-4-5-6-7-8-17(20)12-10-15-9-11-16(14-19-21)18(13-15)22-2/h9,11,13H,3-8,10,12,14H2,1-2H3. The number of aryl methyl sites for hydroxylation is 1. The van der Waals surface area contributed by atoms with Gasteiger partial charge in [-0.2, -0.15) is 4.91 Å². The molecule has 0 aliphatic rings. The van der Waals surface area contributed by atoms with Crippen molar-refractivity contribution in [1.82, 2.24) is 0 Å². The molecule has 0 radical (unpaired) electrons. The van der Waals surface area contributed by atoms with Gasteiger partial charge in [-0.05, 0) is 24.5 Å². The first kappa shape index (κ1) is 18.3. The van der Waals surface area contributed by atoms with Crippen molar-refractivity contribution in [2.45, 2.75) is 64.8 Å². The Kier molecular flexibility index (Phi) is 9.12. The third-order valence-electron chi connectivity index (χ3n) is 3.84. The number of ketones is 1. The van der Waals surface area contributed by atoms with E-state index in [1.165, 1.54) is 19.3 Å². The number of ether oxygens (including phenoxy) is 1. The SMILES string of the molecule is CCCCCCCC(=O)CCc1ccc(CN=O)c(OC)c1. The fourth-order valence-corrected chi connectivity index (χ4v) is 2.48. The Balaban J connectivity index is 2.37. The molecule has 0 aromatic heterocycles. The first-order valence-electron chi connectivity index (χ1n) is 8.17. The van der Waals surface area contributed by atoms with E-state index in [1.807, 2.05) is 18.2 Å². The van der Waals surface area contributed by atoms with Crippen molar-refractivity contribution in [2.24, 2.45) is 5.18 Å². The number of Topliss-reactive ketones (excluding diaryl/α,β-unsaturated/α-hetero) is 1. The Labute approximate surface area is 133 Å². The number of carbonyl (C=O) groups excluding carboxylic acids is 1. The van der Waals surface area contributed by atoms with Crippen LogP contribution in [-0.4, -0.2) is 12.9 Å². The lowest BCUT2D eigenvalue weighted by atomic mass is 10.0. The second-order valence-corrected chi connectivity index (χ2v) is 5.64. The molecule has 0 unspecified atom stereocenters. The van der Waals surface area contributed by atoms with Crippen LogP contribution in [0.2, 0.25) is 0 Å². The molecule has 4 nitrogen and oxygen atoms in total. The van der Waals surface area contributed by atoms with Crippen molar-refractivity contribution in [3.8, 4) is 5.75 Å². The highest BCUT2D eigenvalue weighted by Gasteiger charge is 2.07. The number of unbranched alkanes of at least 4 members (excludes halogenated alkanes) is 4. The van der Waals surface area contributed by atoms with E-state index in [2.05, 4.69) is 12.1 Å². The lowest BCUT2D eigenvalue weighted by Gasteiger charge is -2.08. The van der Waals surface area contributed by atoms with Gasteiger partial charge in [0.15, 0.2) is 0 Å². The maximum Gasteiger partial charge on any atom is 0.133 e. The number of hydrogen-bond acceptors (Lipinski definition) is 4. The molecule has 0 spiro atoms. The van der Waals surface area contributed by atoms with Gasteiger partial charge in [0.25, 0.3) is 0 Å². The van der Waals surface area contributed by atoms with E-state index in [0.717, 1.165) is 30.4 Å². The normalized spacial score (nSPS) is 10.5. The number of hydrogen-bond donors (Lipinski definition) is 0. The van der Waals surface area contributed by atoms with Crippen molar-refractivity contribution in [1.29, 1.82) is 0 Å². The van der Waals surface area contributed by atoms with E-state index < -0.39 is 0 Å². The maximum atomic E-state index is 11.9. The van der Waals surface area contributed by atoms with Gasteiger partial charge < -0.3 is 4.74 Å². The highest BCUT2D eigenvalue weighted by atomic mass is 16.5. The molecule has 122 valence electrons. The first-order chi connectivity index (χ1) is 10.7. The smallest absolute Gasteiger partial charge is 0.133 e. The van der Waals surface area contributed by atoms with Gasteiger partial charge >= 0.3 is 0 Å². The summed E-state index contributed by atoms with van der Waals surface area (Å²) in [6.07, 6.45) is 7.86. The van der Waals surface area contributed by atoms with Crippen LogP contribution in [0.3, 0.4) is 0 Å². The second kappa shape index (κ2) is 10.9. The molecule has 0 saturated carbocycles. The third-order valence-corrected chi connectivity index (χ3v) is 3.84. The van der Waals surface area contributed by atoms with E-state index in [1.54, 1.807) is 7.11 Å². The molecule has 4 heteroatoms. The van der Waals surface area contributed by atoms with Gasteiger partial charge in [0.1, 0.15) is 18.1 Å². The van der Waals surface area contributed by atoms with Crippen LogP contribution < -0.4 is 4.74 Å². The van der Waals surface area contributed by atoms with E-state index in [0.29, 0.717) is 24.4 Å². The molecule has 1 aromatic rings. The summed E-state index contributed by atoms with van der Waals surface area (Å²) in [6, 6.07) is 5.69. The Hall–Kier alpha value is -1.71. The first-order valence-corrected chi connectivity index (χ1v) is 8.17. The Morgan fingerprint density at radius 3 is 2.59 bits per heavy atom. The maximum absolute atomic E-state index is 11.9. The summed E-state index contributed by atoms with van der Waals surface area (Å²) < 4.78 is 5.26. The molecule has 0 bridgehead atoms. The van der Waals surface area contributed by atoms with Crippen molar-refractivity contribution < 1.29 is 9.53 Å². The van der Waals surface area contributed by atoms with Crippen LogP contribution in [0.4, 0.5) is 0 Å². The number of carbonyl (C=O) groups is 1. The number of rotatable bonds is 12. The topological polar surface area (TPSA) is 55.7 Å². The molecule has 1 rings (SSSR count). The Bertz CT molecular complexity index is 471. The number of benzene rings is 1. The molecule has 22 heavy (non-hydrogen) atoms. The summed E-state index contributed by atoms with van der Waals surface area (Å²) >= 11 is 0. The predicted octanol–water partition coefficient (Wildman–Crippen LogP) is 4.82. The average Bonchev–Trinajstić information content (AvgIpc) is 2.54. The van der Waals surface area contributed by atoms with E-state index in [9.17, 15) is 9.70 Å². The predicted molar refractivity (Wildman–Crippen MR) is 89.2 cm³/mol. The van der Waals surface area contributed by atoms with Crippen molar-refractivity contribution >= 4 is 5.78 Å². The van der Waals surface area contributed by atoms with Gasteiger partial charge in [0.05, 0.1) is 7.11 Å². The van der Waals surface area contributed by atoms with Gasteiger partial charge in [-0.15, -0.1) is 0 Å². The van der Waals surface area contributed by atoms with E-state index in [-0.39, 0.29) is 6.54 Å². The fourth-order valence-electron chi connectivity index (χ4n) is 2.48. The van der Waals surface area contributed by atoms with Gasteiger partial charge in [-0.25, -0.2) is 0 Å². The second-order valence-electron chi connectivity index (χ2n) is 5.64. The number of nitroso groups, excluding NO2 is 1. The molecule has 0 heterocycles. The van der Waals surface area contributed by atoms with Crippen LogP contribution >= 0.6 is 0 Å². The summed E-state index contributed by atoms with van der Waals surface area (Å²) in [5.74, 6) is 0.998. The van der Waals surface area contributed by atoms with Crippen LogP contribution in [0.1, 0.15) is 63.0 Å². The summed E-state index contributed by atoms with van der Waals surface area (Å²) in [4.78, 5) is 22.2. The highest BCUT2D eigenvalue weighted by molar-refractivity contribution is 5.78. The van der Waals surface area contributed by atoms with Gasteiger partial charge in [0, 0.05) is 18.4 Å². The molecule has 0 atom stereocenters. The lowest BCUT2D eigenvalue weighted by Crippen LogP contribution is -2.01. The van der Waals surface area contributed by atoms with Gasteiger partial charge in [0.2, 0.25) is 0 Å². The Morgan fingerprint density at radius 2 is 1.91 bits per heavy atom. The largest absolute Gasteiger partial charge is 0.496 e. The average molecular weight is 305 g/mol. The zero-order valence-electron chi connectivity index (χ0n) is 13.8. The number of nitrogens with zero attached hydrogens (tertiary/aromatic N) is 1. The quantitative estimate of drug-likeness (QED) is 0.411. The van der Waals surface area contributed by atoms with Crippen LogP contribution in [0.25, 0.3) is 0 Å². The van der Waals surface area contributed by atoms with Crippen molar-refractivity contribution in [3.05, 3.63) is 34.2 Å². The van der Waals surface area contributed by atoms with Crippen molar-refractivity contribution in [2.75, 3.05) is 7.11 Å². The summed E-state index contributed by atoms with van der Waals surface area (Å²) in [6.45, 7) is 2.30. The van der Waals surface area contributed by atoms with Crippen LogP contribution in [0.15, 0.2) is 23.4 Å². The zero-order valence-corrected chi connectivity index (χ0v) is 13.8. The molecule has 1 aromatic carbocycles. The molecule has 0 aliphatic heterocycles. The molecule has 0 amide bonds. The van der Waals surface area contributed by atoms with E-state index >= 15 is 0 Å². The molecule has 0 fully saturated rings. The minimum Gasteiger partial charge on any atom is -0.496 e. The van der Waals surface area contributed by atoms with Crippen LogP contribution in [0, 0.1) is 4.91 Å². The number of methoxy groups -OCH3 is 1. The zero-order chi connectivity index (χ0) is 16.2. The lowest BCUT2D eigenvalue weighted by molar-refractivity contribution is -0.119. The molecular formula is C18H27NO3. The Morgan fingerprint density at radius 1 is 1.14 bits per heavy atom.